The number of nitrogens with one attached hydrogen (secondary N) is 2. The van der Waals surface area contributed by atoms with Gasteiger partial charge in [-0.15, -0.1) is 11.3 Å². The molecule has 1 heterocycles. The van der Waals surface area contributed by atoms with E-state index in [1.54, 1.807) is 19.2 Å². The largest absolute Gasteiger partial charge is 0.497 e. The van der Waals surface area contributed by atoms with Crippen LogP contribution in [0.4, 0.5) is 10.8 Å². The molecule has 0 saturated carbocycles. The highest BCUT2D eigenvalue weighted by molar-refractivity contribution is 7.14. The fourth-order valence-electron chi connectivity index (χ4n) is 6.62. The summed E-state index contributed by atoms with van der Waals surface area (Å²) >= 11 is 1.39. The second kappa shape index (κ2) is 10.3. The Morgan fingerprint density at radius 2 is 1.55 bits per heavy atom. The van der Waals surface area contributed by atoms with Gasteiger partial charge in [-0.3, -0.25) is 9.59 Å². The molecule has 1 unspecified atom stereocenters. The average molecular weight is 572 g/mol. The molecular weight excluding hydrogens is 542 g/mol. The van der Waals surface area contributed by atoms with Gasteiger partial charge in [0.25, 0.3) is 5.91 Å². The maximum atomic E-state index is 14.0. The molecule has 2 N–H and O–H groups in total. The van der Waals surface area contributed by atoms with Gasteiger partial charge in [-0.2, -0.15) is 0 Å². The zero-order valence-corrected chi connectivity index (χ0v) is 24.1. The molecule has 0 aliphatic heterocycles. The van der Waals surface area contributed by atoms with Gasteiger partial charge in [0, 0.05) is 40.1 Å². The molecular formula is C35H29N3O3S. The summed E-state index contributed by atoms with van der Waals surface area (Å²) in [6.45, 7) is 2.09. The standard InChI is InChI=1S/C35H29N3O3S/c1-35(19-29-25-13-3-5-15-27(25)31(35)28-16-6-4-14-26(28)29)33(40)38-34-37-30(20-42-34)21-9-7-10-22(17-21)32(39)36-23-11-8-12-24(18-23)41-2/h3-18,20,29,31H,19H2,1-2H3,(H,36,39)(H,37,38,40). The molecule has 0 fully saturated rings. The number of rotatable bonds is 6. The first-order valence-corrected chi connectivity index (χ1v) is 14.8. The molecule has 0 spiro atoms. The van der Waals surface area contributed by atoms with Crippen LogP contribution in [0.15, 0.2) is 102 Å². The van der Waals surface area contributed by atoms with E-state index >= 15 is 0 Å². The molecule has 42 heavy (non-hydrogen) atoms. The lowest BCUT2D eigenvalue weighted by atomic mass is 9.52. The summed E-state index contributed by atoms with van der Waals surface area (Å²) in [4.78, 5) is 31.7. The van der Waals surface area contributed by atoms with E-state index in [1.165, 1.54) is 33.6 Å². The van der Waals surface area contributed by atoms with Crippen LogP contribution in [0.2, 0.25) is 0 Å². The van der Waals surface area contributed by atoms with Crippen LogP contribution in [0.25, 0.3) is 11.3 Å². The summed E-state index contributed by atoms with van der Waals surface area (Å²) in [7, 11) is 1.59. The van der Waals surface area contributed by atoms with Crippen LogP contribution in [0.3, 0.4) is 0 Å². The highest BCUT2D eigenvalue weighted by atomic mass is 32.1. The number of methoxy groups -OCH3 is 1. The Kier molecular flexibility index (Phi) is 6.39. The number of hydrogen-bond donors (Lipinski definition) is 2. The first-order chi connectivity index (χ1) is 20.4. The van der Waals surface area contributed by atoms with Gasteiger partial charge < -0.3 is 15.4 Å². The fourth-order valence-corrected chi connectivity index (χ4v) is 7.33. The smallest absolute Gasteiger partial charge is 0.255 e. The zero-order valence-electron chi connectivity index (χ0n) is 23.3. The number of hydrogen-bond acceptors (Lipinski definition) is 5. The molecule has 7 heteroatoms. The third-order valence-corrected chi connectivity index (χ3v) is 9.38. The van der Waals surface area contributed by atoms with Crippen molar-refractivity contribution in [2.24, 2.45) is 5.41 Å². The highest BCUT2D eigenvalue weighted by Crippen LogP contribution is 2.61. The molecule has 1 atom stereocenters. The van der Waals surface area contributed by atoms with Gasteiger partial charge in [-0.05, 0) is 59.9 Å². The summed E-state index contributed by atoms with van der Waals surface area (Å²) in [5.74, 6) is 0.593. The predicted molar refractivity (Wildman–Crippen MR) is 166 cm³/mol. The summed E-state index contributed by atoms with van der Waals surface area (Å²) in [6, 6.07) is 31.6. The quantitative estimate of drug-likeness (QED) is 0.219. The Morgan fingerprint density at radius 1 is 0.857 bits per heavy atom. The summed E-state index contributed by atoms with van der Waals surface area (Å²) in [5, 5.41) is 8.52. The van der Waals surface area contributed by atoms with Crippen molar-refractivity contribution in [3.63, 3.8) is 0 Å². The van der Waals surface area contributed by atoms with Crippen molar-refractivity contribution in [1.29, 1.82) is 0 Å². The Labute approximate surface area is 248 Å². The molecule has 0 radical (unpaired) electrons. The SMILES string of the molecule is COc1cccc(NC(=O)c2cccc(-c3csc(NC(=O)C4(C)CC5c6ccccc6C4c4ccccc45)n3)c2)c1. The highest BCUT2D eigenvalue weighted by Gasteiger charge is 2.54. The van der Waals surface area contributed by atoms with Crippen molar-refractivity contribution in [3.8, 4) is 17.0 Å². The van der Waals surface area contributed by atoms with Gasteiger partial charge >= 0.3 is 0 Å². The van der Waals surface area contributed by atoms with Crippen LogP contribution < -0.4 is 15.4 Å². The molecule has 208 valence electrons. The van der Waals surface area contributed by atoms with E-state index in [4.69, 9.17) is 9.72 Å². The van der Waals surface area contributed by atoms with Crippen molar-refractivity contribution >= 4 is 34.0 Å². The van der Waals surface area contributed by atoms with Crippen LogP contribution in [0, 0.1) is 5.41 Å². The van der Waals surface area contributed by atoms with Crippen molar-refractivity contribution in [1.82, 2.24) is 4.98 Å². The molecule has 1 aromatic heterocycles. The Morgan fingerprint density at radius 3 is 2.26 bits per heavy atom. The van der Waals surface area contributed by atoms with Crippen LogP contribution >= 0.6 is 11.3 Å². The van der Waals surface area contributed by atoms with Gasteiger partial charge in [-0.25, -0.2) is 4.98 Å². The molecule has 4 aromatic carbocycles. The molecule has 5 aromatic rings. The van der Waals surface area contributed by atoms with E-state index < -0.39 is 5.41 Å². The molecule has 6 nitrogen and oxygen atoms in total. The van der Waals surface area contributed by atoms with E-state index in [2.05, 4.69) is 66.1 Å². The maximum absolute atomic E-state index is 14.0. The summed E-state index contributed by atoms with van der Waals surface area (Å²) < 4.78 is 5.25. The first-order valence-electron chi connectivity index (χ1n) is 13.9. The van der Waals surface area contributed by atoms with E-state index in [0.717, 1.165) is 12.0 Å². The van der Waals surface area contributed by atoms with Crippen molar-refractivity contribution < 1.29 is 14.3 Å². The number of thiazole rings is 1. The molecule has 8 rings (SSSR count). The summed E-state index contributed by atoms with van der Waals surface area (Å²) in [5.41, 5.74) is 7.21. The number of anilines is 2. The summed E-state index contributed by atoms with van der Waals surface area (Å²) in [6.07, 6.45) is 0.750. The van der Waals surface area contributed by atoms with Crippen molar-refractivity contribution in [2.45, 2.75) is 25.2 Å². The number of amides is 2. The normalized spacial score (nSPS) is 19.9. The van der Waals surface area contributed by atoms with Crippen molar-refractivity contribution in [2.75, 3.05) is 17.7 Å². The van der Waals surface area contributed by atoms with Gasteiger partial charge in [0.05, 0.1) is 18.2 Å². The van der Waals surface area contributed by atoms with Gasteiger partial charge in [-0.1, -0.05) is 66.7 Å². The maximum Gasteiger partial charge on any atom is 0.255 e. The topological polar surface area (TPSA) is 80.3 Å². The average Bonchev–Trinajstić information content (AvgIpc) is 3.50. The minimum atomic E-state index is -0.614. The molecule has 0 saturated heterocycles. The second-order valence-electron chi connectivity index (χ2n) is 11.1. The van der Waals surface area contributed by atoms with Crippen LogP contribution in [0.1, 0.15) is 57.8 Å². The van der Waals surface area contributed by atoms with Crippen LogP contribution in [-0.2, 0) is 4.79 Å². The lowest BCUT2D eigenvalue weighted by Crippen LogP contribution is -2.47. The van der Waals surface area contributed by atoms with Gasteiger partial charge in [0.15, 0.2) is 5.13 Å². The minimum absolute atomic E-state index is 0.0193. The Hall–Kier alpha value is -4.75. The number of aromatic nitrogens is 1. The molecule has 2 amide bonds. The third-order valence-electron chi connectivity index (χ3n) is 8.62. The van der Waals surface area contributed by atoms with Gasteiger partial charge in [0.2, 0.25) is 5.91 Å². The fraction of sp³-hybridized carbons (Fsp3) is 0.171. The van der Waals surface area contributed by atoms with Crippen LogP contribution in [-0.4, -0.2) is 23.9 Å². The molecule has 3 aliphatic rings. The number of carbonyl (C=O) groups excluding carboxylic acids is 2. The van der Waals surface area contributed by atoms with E-state index in [0.29, 0.717) is 27.8 Å². The van der Waals surface area contributed by atoms with E-state index in [9.17, 15) is 9.59 Å². The van der Waals surface area contributed by atoms with E-state index in [-0.39, 0.29) is 23.7 Å². The third kappa shape index (κ3) is 4.37. The second-order valence-corrected chi connectivity index (χ2v) is 12.0. The number of fused-ring (bicyclic) bond motifs is 1. The van der Waals surface area contributed by atoms with E-state index in [1.807, 2.05) is 41.8 Å². The van der Waals surface area contributed by atoms with Crippen molar-refractivity contribution in [3.05, 3.63) is 130 Å². The Bertz CT molecular complexity index is 1800. The molecule has 2 bridgehead atoms. The number of carbonyl (C=O) groups is 2. The monoisotopic (exact) mass is 571 g/mol. The van der Waals surface area contributed by atoms with Gasteiger partial charge in [0.1, 0.15) is 5.75 Å². The van der Waals surface area contributed by atoms with Crippen LogP contribution in [0.5, 0.6) is 5.75 Å². The predicted octanol–water partition coefficient (Wildman–Crippen LogP) is 7.70. The minimum Gasteiger partial charge on any atom is -0.497 e. The lowest BCUT2D eigenvalue weighted by molar-refractivity contribution is -0.126. The molecule has 3 aliphatic carbocycles. The zero-order chi connectivity index (χ0) is 28.8. The number of ether oxygens (including phenoxy) is 1. The first kappa shape index (κ1) is 26.2. The lowest BCUT2D eigenvalue weighted by Gasteiger charge is -2.50. The number of nitrogens with zero attached hydrogens (tertiary/aromatic N) is 1. The Balaban J connectivity index is 1.11. The number of benzene rings is 4.